The predicted molar refractivity (Wildman–Crippen MR) is 89.1 cm³/mol. The van der Waals surface area contributed by atoms with Gasteiger partial charge in [-0.3, -0.25) is 4.68 Å². The Morgan fingerprint density at radius 1 is 1.38 bits per heavy atom. The Labute approximate surface area is 137 Å². The van der Waals surface area contributed by atoms with Gasteiger partial charge in [0.05, 0.1) is 22.4 Å². The highest BCUT2D eigenvalue weighted by atomic mass is 79.9. The van der Waals surface area contributed by atoms with E-state index < -0.39 is 0 Å². The van der Waals surface area contributed by atoms with Gasteiger partial charge < -0.3 is 5.32 Å². The molecule has 0 saturated carbocycles. The maximum absolute atomic E-state index is 13.7. The number of hydrogen-bond acceptors (Lipinski definition) is 3. The molecule has 3 nitrogen and oxygen atoms in total. The van der Waals surface area contributed by atoms with E-state index in [1.54, 1.807) is 6.07 Å². The van der Waals surface area contributed by atoms with E-state index in [0.717, 1.165) is 29.0 Å². The van der Waals surface area contributed by atoms with Crippen LogP contribution in [0.2, 0.25) is 0 Å². The average Bonchev–Trinajstić information content (AvgIpc) is 2.86. The van der Waals surface area contributed by atoms with Crippen LogP contribution in [0, 0.1) is 5.82 Å². The standard InChI is InChI=1S/C15H19BrFN3S/c1-3-18-13(15-11(16)9-19-20(15)4-2)10-21-14-8-6-5-7-12(14)17/h5-9,13,18H,3-4,10H2,1-2H3. The van der Waals surface area contributed by atoms with Crippen molar-refractivity contribution in [3.05, 3.63) is 46.4 Å². The van der Waals surface area contributed by atoms with E-state index >= 15 is 0 Å². The lowest BCUT2D eigenvalue weighted by atomic mass is 10.2. The SMILES string of the molecule is CCNC(CSc1ccccc1F)c1c(Br)cnn1CC. The maximum atomic E-state index is 13.7. The molecular formula is C15H19BrFN3S. The smallest absolute Gasteiger partial charge is 0.136 e. The van der Waals surface area contributed by atoms with Crippen LogP contribution >= 0.6 is 27.7 Å². The first kappa shape index (κ1) is 16.5. The van der Waals surface area contributed by atoms with Crippen LogP contribution in [0.3, 0.4) is 0 Å². The number of aromatic nitrogens is 2. The average molecular weight is 372 g/mol. The molecule has 1 unspecified atom stereocenters. The number of aryl methyl sites for hydroxylation is 1. The first-order valence-corrected chi connectivity index (χ1v) is 8.77. The van der Waals surface area contributed by atoms with Gasteiger partial charge in [-0.15, -0.1) is 11.8 Å². The third kappa shape index (κ3) is 4.08. The lowest BCUT2D eigenvalue weighted by Gasteiger charge is -2.19. The fraction of sp³-hybridized carbons (Fsp3) is 0.400. The van der Waals surface area contributed by atoms with Gasteiger partial charge in [-0.25, -0.2) is 4.39 Å². The number of benzene rings is 1. The van der Waals surface area contributed by atoms with Crippen molar-refractivity contribution in [1.82, 2.24) is 15.1 Å². The van der Waals surface area contributed by atoms with Gasteiger partial charge in [0.25, 0.3) is 0 Å². The summed E-state index contributed by atoms with van der Waals surface area (Å²) >= 11 is 5.08. The summed E-state index contributed by atoms with van der Waals surface area (Å²) in [5.74, 6) is 0.583. The zero-order valence-corrected chi connectivity index (χ0v) is 14.5. The maximum Gasteiger partial charge on any atom is 0.136 e. The number of thioether (sulfide) groups is 1. The summed E-state index contributed by atoms with van der Waals surface area (Å²) in [6.07, 6.45) is 1.82. The normalized spacial score (nSPS) is 12.6. The fourth-order valence-electron chi connectivity index (χ4n) is 2.19. The van der Waals surface area contributed by atoms with Gasteiger partial charge in [0, 0.05) is 17.2 Å². The van der Waals surface area contributed by atoms with Crippen LogP contribution in [-0.2, 0) is 6.54 Å². The van der Waals surface area contributed by atoms with Gasteiger partial charge in [0.1, 0.15) is 5.82 Å². The minimum Gasteiger partial charge on any atom is -0.308 e. The Hall–Kier alpha value is -0.850. The molecule has 0 radical (unpaired) electrons. The van der Waals surface area contributed by atoms with Crippen LogP contribution in [0.4, 0.5) is 4.39 Å². The summed E-state index contributed by atoms with van der Waals surface area (Å²) in [5, 5.41) is 7.81. The van der Waals surface area contributed by atoms with Gasteiger partial charge in [0.15, 0.2) is 0 Å². The molecule has 1 N–H and O–H groups in total. The summed E-state index contributed by atoms with van der Waals surface area (Å²) in [6.45, 7) is 5.80. The Bertz CT molecular complexity index is 588. The third-order valence-electron chi connectivity index (χ3n) is 3.16. The molecule has 0 aliphatic heterocycles. The number of hydrogen-bond donors (Lipinski definition) is 1. The molecule has 0 bridgehead atoms. The zero-order valence-electron chi connectivity index (χ0n) is 12.1. The van der Waals surface area contributed by atoms with Crippen molar-refractivity contribution < 1.29 is 4.39 Å². The van der Waals surface area contributed by atoms with Crippen molar-refractivity contribution in [2.75, 3.05) is 12.3 Å². The molecule has 2 aromatic rings. The van der Waals surface area contributed by atoms with Crippen LogP contribution in [0.1, 0.15) is 25.6 Å². The molecule has 0 aliphatic carbocycles. The van der Waals surface area contributed by atoms with Gasteiger partial charge in [-0.2, -0.15) is 5.10 Å². The molecule has 1 heterocycles. The zero-order chi connectivity index (χ0) is 15.2. The summed E-state index contributed by atoms with van der Waals surface area (Å²) < 4.78 is 16.7. The molecule has 1 aromatic heterocycles. The quantitative estimate of drug-likeness (QED) is 0.737. The van der Waals surface area contributed by atoms with Crippen molar-refractivity contribution >= 4 is 27.7 Å². The van der Waals surface area contributed by atoms with Crippen LogP contribution in [-0.4, -0.2) is 22.1 Å². The van der Waals surface area contributed by atoms with Crippen molar-refractivity contribution in [3.63, 3.8) is 0 Å². The van der Waals surface area contributed by atoms with E-state index in [2.05, 4.69) is 40.2 Å². The van der Waals surface area contributed by atoms with Gasteiger partial charge >= 0.3 is 0 Å². The highest BCUT2D eigenvalue weighted by Crippen LogP contribution is 2.30. The molecule has 0 fully saturated rings. The Morgan fingerprint density at radius 2 is 2.14 bits per heavy atom. The number of halogens is 2. The van der Waals surface area contributed by atoms with Crippen LogP contribution < -0.4 is 5.32 Å². The van der Waals surface area contributed by atoms with E-state index in [1.165, 1.54) is 17.8 Å². The fourth-order valence-corrected chi connectivity index (χ4v) is 3.76. The second-order valence-corrected chi connectivity index (χ2v) is 6.46. The number of rotatable bonds is 7. The van der Waals surface area contributed by atoms with E-state index in [9.17, 15) is 4.39 Å². The summed E-state index contributed by atoms with van der Waals surface area (Å²) in [5.41, 5.74) is 1.11. The monoisotopic (exact) mass is 371 g/mol. The van der Waals surface area contributed by atoms with E-state index in [4.69, 9.17) is 0 Å². The molecule has 114 valence electrons. The first-order valence-electron chi connectivity index (χ1n) is 6.99. The summed E-state index contributed by atoms with van der Waals surface area (Å²) in [7, 11) is 0. The highest BCUT2D eigenvalue weighted by Gasteiger charge is 2.19. The van der Waals surface area contributed by atoms with Crippen molar-refractivity contribution in [2.45, 2.75) is 31.3 Å². The van der Waals surface area contributed by atoms with Crippen molar-refractivity contribution in [2.24, 2.45) is 0 Å². The molecule has 2 rings (SSSR count). The molecule has 0 spiro atoms. The van der Waals surface area contributed by atoms with E-state index in [0.29, 0.717) is 4.90 Å². The number of nitrogens with one attached hydrogen (secondary N) is 1. The molecule has 1 atom stereocenters. The molecule has 0 saturated heterocycles. The molecule has 21 heavy (non-hydrogen) atoms. The molecule has 0 aliphatic rings. The molecule has 1 aromatic carbocycles. The van der Waals surface area contributed by atoms with Gasteiger partial charge in [0.2, 0.25) is 0 Å². The number of nitrogens with zero attached hydrogens (tertiary/aromatic N) is 2. The second kappa shape index (κ2) is 7.96. The Kier molecular flexibility index (Phi) is 6.26. The van der Waals surface area contributed by atoms with Crippen LogP contribution in [0.5, 0.6) is 0 Å². The largest absolute Gasteiger partial charge is 0.308 e. The molecule has 0 amide bonds. The van der Waals surface area contributed by atoms with Crippen LogP contribution in [0.15, 0.2) is 39.8 Å². The van der Waals surface area contributed by atoms with E-state index in [-0.39, 0.29) is 11.9 Å². The summed E-state index contributed by atoms with van der Waals surface area (Å²) in [6, 6.07) is 7.01. The topological polar surface area (TPSA) is 29.9 Å². The van der Waals surface area contributed by atoms with Crippen molar-refractivity contribution in [3.8, 4) is 0 Å². The van der Waals surface area contributed by atoms with Crippen molar-refractivity contribution in [1.29, 1.82) is 0 Å². The second-order valence-electron chi connectivity index (χ2n) is 4.55. The summed E-state index contributed by atoms with van der Waals surface area (Å²) in [4.78, 5) is 0.680. The minimum atomic E-state index is -0.166. The van der Waals surface area contributed by atoms with Gasteiger partial charge in [-0.05, 0) is 41.5 Å². The Balaban J connectivity index is 2.16. The lowest BCUT2D eigenvalue weighted by Crippen LogP contribution is -2.26. The highest BCUT2D eigenvalue weighted by molar-refractivity contribution is 9.10. The van der Waals surface area contributed by atoms with Gasteiger partial charge in [-0.1, -0.05) is 19.1 Å². The minimum absolute atomic E-state index is 0.122. The first-order chi connectivity index (χ1) is 10.2. The third-order valence-corrected chi connectivity index (χ3v) is 4.91. The van der Waals surface area contributed by atoms with E-state index in [1.807, 2.05) is 23.0 Å². The molecular weight excluding hydrogens is 353 g/mol. The van der Waals surface area contributed by atoms with Crippen LogP contribution in [0.25, 0.3) is 0 Å². The Morgan fingerprint density at radius 3 is 2.81 bits per heavy atom. The lowest BCUT2D eigenvalue weighted by molar-refractivity contribution is 0.524. The molecule has 6 heteroatoms. The predicted octanol–water partition coefficient (Wildman–Crippen LogP) is 4.25.